The summed E-state index contributed by atoms with van der Waals surface area (Å²) < 4.78 is 19.6. The molecule has 1 saturated heterocycles. The number of hydrogen-bond acceptors (Lipinski definition) is 6. The minimum Gasteiger partial charge on any atom is -0.380 e. The van der Waals surface area contributed by atoms with Crippen molar-refractivity contribution >= 4 is 33.1 Å². The molecule has 1 fully saturated rings. The van der Waals surface area contributed by atoms with Crippen LogP contribution in [0.4, 0.5) is 10.2 Å². The second-order valence-corrected chi connectivity index (χ2v) is 7.55. The van der Waals surface area contributed by atoms with Crippen LogP contribution in [0.15, 0.2) is 42.9 Å². The number of hydrogen-bond donors (Lipinski definition) is 1. The molecule has 0 radical (unpaired) electrons. The monoisotopic (exact) mass is 386 g/mol. The number of carbonyl (C=O) groups is 1. The van der Waals surface area contributed by atoms with Gasteiger partial charge in [-0.05, 0) is 36.1 Å². The summed E-state index contributed by atoms with van der Waals surface area (Å²) in [5, 5.41) is 3.87. The van der Waals surface area contributed by atoms with Gasteiger partial charge in [-0.2, -0.15) is 0 Å². The number of anilines is 1. The molecule has 0 spiro atoms. The molecule has 2 aromatic heterocycles. The fraction of sp³-hybridized carbons (Fsp3) is 0.316. The van der Waals surface area contributed by atoms with E-state index in [2.05, 4.69) is 20.2 Å². The van der Waals surface area contributed by atoms with Gasteiger partial charge in [0.1, 0.15) is 18.0 Å². The Labute approximate surface area is 160 Å². The van der Waals surface area contributed by atoms with Crippen LogP contribution in [-0.2, 0) is 4.74 Å². The van der Waals surface area contributed by atoms with Gasteiger partial charge in [0, 0.05) is 31.1 Å². The molecule has 4 rings (SSSR count). The summed E-state index contributed by atoms with van der Waals surface area (Å²) in [7, 11) is 1.69. The smallest absolute Gasteiger partial charge is 0.261 e. The van der Waals surface area contributed by atoms with Crippen LogP contribution in [-0.4, -0.2) is 48.2 Å². The fourth-order valence-electron chi connectivity index (χ4n) is 3.39. The Morgan fingerprint density at radius 3 is 3.07 bits per heavy atom. The molecule has 140 valence electrons. The lowest BCUT2D eigenvalue weighted by molar-refractivity contribution is 0.0950. The first-order chi connectivity index (χ1) is 13.1. The van der Waals surface area contributed by atoms with E-state index in [1.54, 1.807) is 25.4 Å². The predicted molar refractivity (Wildman–Crippen MR) is 103 cm³/mol. The lowest BCUT2D eigenvalue weighted by Crippen LogP contribution is -2.40. The van der Waals surface area contributed by atoms with Crippen molar-refractivity contribution in [1.29, 1.82) is 0 Å². The number of benzene rings is 1. The molecular weight excluding hydrogens is 367 g/mol. The van der Waals surface area contributed by atoms with Crippen molar-refractivity contribution in [2.75, 3.05) is 25.1 Å². The maximum Gasteiger partial charge on any atom is 0.261 e. The van der Waals surface area contributed by atoms with Crippen LogP contribution in [0.2, 0.25) is 0 Å². The largest absolute Gasteiger partial charge is 0.380 e. The molecular formula is C19H19FN4O2S. The summed E-state index contributed by atoms with van der Waals surface area (Å²) in [6, 6.07) is 8.28. The number of aromatic nitrogens is 2. The minimum absolute atomic E-state index is 0.0839. The van der Waals surface area contributed by atoms with Gasteiger partial charge in [0.15, 0.2) is 0 Å². The Hall–Kier alpha value is -2.58. The van der Waals surface area contributed by atoms with E-state index in [-0.39, 0.29) is 23.9 Å². The van der Waals surface area contributed by atoms with Gasteiger partial charge in [-0.15, -0.1) is 11.3 Å². The first kappa shape index (κ1) is 17.8. The van der Waals surface area contributed by atoms with Crippen molar-refractivity contribution < 1.29 is 13.9 Å². The Balaban J connectivity index is 1.46. The summed E-state index contributed by atoms with van der Waals surface area (Å²) >= 11 is 1.29. The Kier molecular flexibility index (Phi) is 5.00. The Bertz CT molecular complexity index is 949. The second kappa shape index (κ2) is 7.58. The molecule has 1 aromatic carbocycles. The van der Waals surface area contributed by atoms with Gasteiger partial charge in [-0.3, -0.25) is 4.79 Å². The van der Waals surface area contributed by atoms with E-state index in [1.165, 1.54) is 29.8 Å². The van der Waals surface area contributed by atoms with E-state index >= 15 is 0 Å². The van der Waals surface area contributed by atoms with E-state index < -0.39 is 0 Å². The number of fused-ring (bicyclic) bond motifs is 1. The van der Waals surface area contributed by atoms with Crippen molar-refractivity contribution in [2.45, 2.75) is 18.6 Å². The maximum atomic E-state index is 13.4. The van der Waals surface area contributed by atoms with Gasteiger partial charge in [0.05, 0.1) is 17.0 Å². The molecule has 3 heterocycles. The highest BCUT2D eigenvalue weighted by molar-refractivity contribution is 7.20. The standard InChI is InChI=1S/C19H19FN4O2S/c1-26-15-8-14(24(10-15)18-4-5-21-11-23-18)9-22-19(25)17-6-12-2-3-13(20)7-16(12)27-17/h2-7,11,14-15H,8-10H2,1H3,(H,22,25)/t14-,15-/m0/s1. The van der Waals surface area contributed by atoms with Gasteiger partial charge in [-0.1, -0.05) is 6.07 Å². The molecule has 3 aromatic rings. The number of methoxy groups -OCH3 is 1. The SMILES string of the molecule is CO[C@H]1C[C@@H](CNC(=O)c2cc3ccc(F)cc3s2)N(c2ccncn2)C1. The number of nitrogens with one attached hydrogen (secondary N) is 1. The van der Waals surface area contributed by atoms with E-state index in [9.17, 15) is 9.18 Å². The molecule has 1 N–H and O–H groups in total. The highest BCUT2D eigenvalue weighted by atomic mass is 32.1. The van der Waals surface area contributed by atoms with Crippen molar-refractivity contribution in [3.8, 4) is 0 Å². The molecule has 27 heavy (non-hydrogen) atoms. The van der Waals surface area contributed by atoms with Crippen LogP contribution >= 0.6 is 11.3 Å². The topological polar surface area (TPSA) is 67.3 Å². The molecule has 1 aliphatic rings. The molecule has 6 nitrogen and oxygen atoms in total. The summed E-state index contributed by atoms with van der Waals surface area (Å²) in [5.41, 5.74) is 0. The molecule has 2 atom stereocenters. The summed E-state index contributed by atoms with van der Waals surface area (Å²) in [6.45, 7) is 1.20. The third-order valence-corrected chi connectivity index (χ3v) is 5.87. The molecule has 1 aliphatic heterocycles. The number of ether oxygens (including phenoxy) is 1. The van der Waals surface area contributed by atoms with Crippen LogP contribution in [0, 0.1) is 5.82 Å². The zero-order valence-corrected chi connectivity index (χ0v) is 15.6. The number of halogens is 1. The fourth-order valence-corrected chi connectivity index (χ4v) is 4.39. The molecule has 0 saturated carbocycles. The van der Waals surface area contributed by atoms with Crippen LogP contribution in [0.1, 0.15) is 16.1 Å². The quantitative estimate of drug-likeness (QED) is 0.730. The normalized spacial score (nSPS) is 19.6. The molecule has 0 aliphatic carbocycles. The van der Waals surface area contributed by atoms with Gasteiger partial charge in [-0.25, -0.2) is 14.4 Å². The first-order valence-electron chi connectivity index (χ1n) is 8.67. The van der Waals surface area contributed by atoms with Crippen molar-refractivity contribution in [3.05, 3.63) is 53.6 Å². The molecule has 8 heteroatoms. The molecule has 0 unspecified atom stereocenters. The van der Waals surface area contributed by atoms with Crippen LogP contribution in [0.3, 0.4) is 0 Å². The van der Waals surface area contributed by atoms with Gasteiger partial charge in [0.2, 0.25) is 0 Å². The number of thiophene rings is 1. The van der Waals surface area contributed by atoms with E-state index in [0.29, 0.717) is 11.4 Å². The lowest BCUT2D eigenvalue weighted by Gasteiger charge is -2.25. The summed E-state index contributed by atoms with van der Waals surface area (Å²) in [5.74, 6) is 0.370. The number of amides is 1. The maximum absolute atomic E-state index is 13.4. The third kappa shape index (κ3) is 3.77. The van der Waals surface area contributed by atoms with Gasteiger partial charge < -0.3 is 15.0 Å². The van der Waals surface area contributed by atoms with Gasteiger partial charge in [0.25, 0.3) is 5.91 Å². The minimum atomic E-state index is -0.298. The van der Waals surface area contributed by atoms with E-state index in [1.807, 2.05) is 6.07 Å². The van der Waals surface area contributed by atoms with Crippen molar-refractivity contribution in [3.63, 3.8) is 0 Å². The number of nitrogens with zero attached hydrogens (tertiary/aromatic N) is 3. The summed E-state index contributed by atoms with van der Waals surface area (Å²) in [6.07, 6.45) is 4.11. The highest BCUT2D eigenvalue weighted by Gasteiger charge is 2.33. The van der Waals surface area contributed by atoms with E-state index in [0.717, 1.165) is 28.9 Å². The number of carbonyl (C=O) groups excluding carboxylic acids is 1. The van der Waals surface area contributed by atoms with Gasteiger partial charge >= 0.3 is 0 Å². The average Bonchev–Trinajstić information content (AvgIpc) is 3.30. The average molecular weight is 386 g/mol. The first-order valence-corrected chi connectivity index (χ1v) is 9.48. The second-order valence-electron chi connectivity index (χ2n) is 6.47. The number of rotatable bonds is 5. The van der Waals surface area contributed by atoms with Crippen LogP contribution in [0.25, 0.3) is 10.1 Å². The molecule has 0 bridgehead atoms. The summed E-state index contributed by atoms with van der Waals surface area (Å²) in [4.78, 5) is 23.6. The third-order valence-electron chi connectivity index (χ3n) is 4.77. The predicted octanol–water partition coefficient (Wildman–Crippen LogP) is 2.85. The zero-order chi connectivity index (χ0) is 18.8. The Morgan fingerprint density at radius 1 is 1.41 bits per heavy atom. The Morgan fingerprint density at radius 2 is 2.30 bits per heavy atom. The van der Waals surface area contributed by atoms with Crippen LogP contribution in [0.5, 0.6) is 0 Å². The zero-order valence-electron chi connectivity index (χ0n) is 14.8. The van der Waals surface area contributed by atoms with Crippen LogP contribution < -0.4 is 10.2 Å². The molecule has 1 amide bonds. The van der Waals surface area contributed by atoms with Crippen molar-refractivity contribution in [1.82, 2.24) is 15.3 Å². The lowest BCUT2D eigenvalue weighted by atomic mass is 10.2. The van der Waals surface area contributed by atoms with Crippen molar-refractivity contribution in [2.24, 2.45) is 0 Å². The highest BCUT2D eigenvalue weighted by Crippen LogP contribution is 2.27. The van der Waals surface area contributed by atoms with E-state index in [4.69, 9.17) is 4.74 Å².